The van der Waals surface area contributed by atoms with Gasteiger partial charge in [0, 0.05) is 13.0 Å². The lowest BCUT2D eigenvalue weighted by atomic mass is 10.1. The topological polar surface area (TPSA) is 57.5 Å². The summed E-state index contributed by atoms with van der Waals surface area (Å²) in [4.78, 5) is 10.3. The molecule has 0 spiro atoms. The van der Waals surface area contributed by atoms with E-state index in [0.717, 1.165) is 25.7 Å². The Hall–Kier alpha value is -1.09. The normalized spacial score (nSPS) is 10.9. The second-order valence-corrected chi connectivity index (χ2v) is 5.69. The SMILES string of the molecule is CCCCC/C=C\C/C=C\CCCCCCCC(=O)O.CCO. The molecule has 0 aliphatic carbocycles. The van der Waals surface area contributed by atoms with Crippen LogP contribution < -0.4 is 0 Å². The van der Waals surface area contributed by atoms with Gasteiger partial charge in [0.15, 0.2) is 0 Å². The van der Waals surface area contributed by atoms with E-state index < -0.39 is 5.97 Å². The molecule has 136 valence electrons. The molecule has 0 atom stereocenters. The molecule has 3 nitrogen and oxygen atoms in total. The molecule has 2 N–H and O–H groups in total. The standard InChI is InChI=1S/C18H32O2.C2H6O/c1-2-3-4-5-6-7-8-9-10-11-12-13-14-15-16-17-18(19)20;1-2-3/h6-7,9-10H,2-5,8,11-17H2,1H3,(H,19,20);3H,2H2,1H3/b7-6-,10-9-;. The van der Waals surface area contributed by atoms with E-state index in [1.807, 2.05) is 0 Å². The molecule has 0 heterocycles. The van der Waals surface area contributed by atoms with E-state index in [9.17, 15) is 4.79 Å². The number of aliphatic hydroxyl groups excluding tert-OH is 1. The van der Waals surface area contributed by atoms with Gasteiger partial charge in [-0.05, 0) is 45.4 Å². The molecule has 0 saturated carbocycles. The van der Waals surface area contributed by atoms with E-state index >= 15 is 0 Å². The highest BCUT2D eigenvalue weighted by Crippen LogP contribution is 2.08. The third-order valence-corrected chi connectivity index (χ3v) is 3.34. The number of rotatable bonds is 14. The molecule has 0 aliphatic heterocycles. The highest BCUT2D eigenvalue weighted by molar-refractivity contribution is 5.66. The first kappa shape index (κ1) is 24.2. The van der Waals surface area contributed by atoms with Gasteiger partial charge in [-0.1, -0.05) is 63.3 Å². The van der Waals surface area contributed by atoms with Crippen LogP contribution >= 0.6 is 0 Å². The van der Waals surface area contributed by atoms with Crippen molar-refractivity contribution < 1.29 is 15.0 Å². The van der Waals surface area contributed by atoms with Gasteiger partial charge in [-0.15, -0.1) is 0 Å². The van der Waals surface area contributed by atoms with Gasteiger partial charge in [-0.25, -0.2) is 0 Å². The number of hydrogen-bond donors (Lipinski definition) is 2. The number of hydrogen-bond acceptors (Lipinski definition) is 2. The van der Waals surface area contributed by atoms with Gasteiger partial charge in [0.1, 0.15) is 0 Å². The quantitative estimate of drug-likeness (QED) is 0.309. The summed E-state index contributed by atoms with van der Waals surface area (Å²) in [6.07, 6.45) is 22.3. The van der Waals surface area contributed by atoms with Crippen LogP contribution in [0, 0.1) is 0 Å². The summed E-state index contributed by atoms with van der Waals surface area (Å²) in [5.41, 5.74) is 0. The lowest BCUT2D eigenvalue weighted by molar-refractivity contribution is -0.137. The Labute approximate surface area is 143 Å². The van der Waals surface area contributed by atoms with Crippen LogP contribution in [-0.2, 0) is 4.79 Å². The first-order valence-electron chi connectivity index (χ1n) is 9.31. The van der Waals surface area contributed by atoms with E-state index in [-0.39, 0.29) is 6.61 Å². The van der Waals surface area contributed by atoms with Gasteiger partial charge in [0.2, 0.25) is 0 Å². The summed E-state index contributed by atoms with van der Waals surface area (Å²) in [7, 11) is 0. The molecule has 0 aromatic heterocycles. The first-order chi connectivity index (χ1) is 11.2. The van der Waals surface area contributed by atoms with Crippen molar-refractivity contribution in [3.8, 4) is 0 Å². The van der Waals surface area contributed by atoms with Crippen molar-refractivity contribution in [1.29, 1.82) is 0 Å². The predicted molar refractivity (Wildman–Crippen MR) is 99.8 cm³/mol. The smallest absolute Gasteiger partial charge is 0.303 e. The summed E-state index contributed by atoms with van der Waals surface area (Å²) in [6.45, 7) is 4.17. The van der Waals surface area contributed by atoms with Crippen molar-refractivity contribution >= 4 is 5.97 Å². The molecular formula is C20H38O3. The zero-order chi connectivity index (χ0) is 17.6. The fraction of sp³-hybridized carbons (Fsp3) is 0.750. The molecule has 0 aromatic carbocycles. The third-order valence-electron chi connectivity index (χ3n) is 3.34. The average molecular weight is 327 g/mol. The highest BCUT2D eigenvalue weighted by Gasteiger charge is 1.95. The second-order valence-electron chi connectivity index (χ2n) is 5.69. The van der Waals surface area contributed by atoms with E-state index in [1.54, 1.807) is 6.92 Å². The Morgan fingerprint density at radius 3 is 1.78 bits per heavy atom. The number of carboxylic acid groups (broad SMARTS) is 1. The fourth-order valence-electron chi connectivity index (χ4n) is 2.09. The number of unbranched alkanes of at least 4 members (excludes halogenated alkanes) is 8. The summed E-state index contributed by atoms with van der Waals surface area (Å²) in [5, 5.41) is 16.1. The number of allylic oxidation sites excluding steroid dienone is 4. The Morgan fingerprint density at radius 1 is 0.783 bits per heavy atom. The number of carbonyl (C=O) groups is 1. The molecule has 3 heteroatoms. The van der Waals surface area contributed by atoms with Crippen LogP contribution in [0.1, 0.15) is 90.9 Å². The van der Waals surface area contributed by atoms with Gasteiger partial charge in [0.05, 0.1) is 0 Å². The second kappa shape index (κ2) is 23.2. The number of aliphatic carboxylic acids is 1. The van der Waals surface area contributed by atoms with E-state index in [2.05, 4.69) is 31.2 Å². The summed E-state index contributed by atoms with van der Waals surface area (Å²) in [5.74, 6) is -0.671. The van der Waals surface area contributed by atoms with Gasteiger partial charge >= 0.3 is 5.97 Å². The Morgan fingerprint density at radius 2 is 1.26 bits per heavy atom. The van der Waals surface area contributed by atoms with Crippen LogP contribution in [0.4, 0.5) is 0 Å². The lowest BCUT2D eigenvalue weighted by Gasteiger charge is -1.98. The molecule has 0 bridgehead atoms. The number of aliphatic hydroxyl groups is 1. The van der Waals surface area contributed by atoms with Gasteiger partial charge in [-0.2, -0.15) is 0 Å². The molecule has 0 amide bonds. The van der Waals surface area contributed by atoms with Crippen molar-refractivity contribution in [2.24, 2.45) is 0 Å². The molecule has 23 heavy (non-hydrogen) atoms. The van der Waals surface area contributed by atoms with Crippen molar-refractivity contribution in [2.45, 2.75) is 90.9 Å². The minimum absolute atomic E-state index is 0.250. The van der Waals surface area contributed by atoms with E-state index in [0.29, 0.717) is 6.42 Å². The molecule has 0 aliphatic rings. The van der Waals surface area contributed by atoms with Crippen molar-refractivity contribution in [3.63, 3.8) is 0 Å². The average Bonchev–Trinajstić information content (AvgIpc) is 2.51. The van der Waals surface area contributed by atoms with Crippen LogP contribution in [0.3, 0.4) is 0 Å². The summed E-state index contributed by atoms with van der Waals surface area (Å²) < 4.78 is 0. The first-order valence-corrected chi connectivity index (χ1v) is 9.31. The van der Waals surface area contributed by atoms with Crippen LogP contribution in [-0.4, -0.2) is 22.8 Å². The van der Waals surface area contributed by atoms with E-state index in [1.165, 1.54) is 44.9 Å². The van der Waals surface area contributed by atoms with Crippen LogP contribution in [0.2, 0.25) is 0 Å². The molecule has 0 rings (SSSR count). The van der Waals surface area contributed by atoms with Crippen LogP contribution in [0.25, 0.3) is 0 Å². The molecule has 0 radical (unpaired) electrons. The van der Waals surface area contributed by atoms with Crippen molar-refractivity contribution in [3.05, 3.63) is 24.3 Å². The largest absolute Gasteiger partial charge is 0.481 e. The fourth-order valence-corrected chi connectivity index (χ4v) is 2.09. The Kier molecular flexibility index (Phi) is 24.4. The van der Waals surface area contributed by atoms with Crippen molar-refractivity contribution in [1.82, 2.24) is 0 Å². The summed E-state index contributed by atoms with van der Waals surface area (Å²) >= 11 is 0. The van der Waals surface area contributed by atoms with Crippen LogP contribution in [0.5, 0.6) is 0 Å². The monoisotopic (exact) mass is 326 g/mol. The number of carboxylic acids is 1. The zero-order valence-electron chi connectivity index (χ0n) is 15.3. The highest BCUT2D eigenvalue weighted by atomic mass is 16.4. The molecule has 0 fully saturated rings. The molecular weight excluding hydrogens is 288 g/mol. The maximum atomic E-state index is 10.3. The molecule has 0 aromatic rings. The Balaban J connectivity index is 0. The minimum Gasteiger partial charge on any atom is -0.481 e. The summed E-state index contributed by atoms with van der Waals surface area (Å²) in [6, 6.07) is 0. The van der Waals surface area contributed by atoms with Gasteiger partial charge in [0.25, 0.3) is 0 Å². The van der Waals surface area contributed by atoms with Gasteiger partial charge in [-0.3, -0.25) is 4.79 Å². The lowest BCUT2D eigenvalue weighted by Crippen LogP contribution is -1.93. The zero-order valence-corrected chi connectivity index (χ0v) is 15.3. The van der Waals surface area contributed by atoms with Crippen LogP contribution in [0.15, 0.2) is 24.3 Å². The predicted octanol–water partition coefficient (Wildman–Crippen LogP) is 5.88. The van der Waals surface area contributed by atoms with E-state index in [4.69, 9.17) is 10.2 Å². The van der Waals surface area contributed by atoms with Gasteiger partial charge < -0.3 is 10.2 Å². The maximum Gasteiger partial charge on any atom is 0.303 e. The maximum absolute atomic E-state index is 10.3. The minimum atomic E-state index is -0.671. The molecule has 0 unspecified atom stereocenters. The molecule has 0 saturated heterocycles. The third kappa shape index (κ3) is 29.5. The Bertz CT molecular complexity index is 283. The van der Waals surface area contributed by atoms with Crippen molar-refractivity contribution in [2.75, 3.05) is 6.61 Å².